The maximum absolute atomic E-state index is 14.6. The summed E-state index contributed by atoms with van der Waals surface area (Å²) in [6.07, 6.45) is 0. The number of para-hydroxylation sites is 1. The second kappa shape index (κ2) is 8.51. The van der Waals surface area contributed by atoms with Crippen molar-refractivity contribution in [3.05, 3.63) is 83.6 Å². The lowest BCUT2D eigenvalue weighted by atomic mass is 10.0. The van der Waals surface area contributed by atoms with Crippen LogP contribution in [0.4, 0.5) is 20.2 Å². The van der Waals surface area contributed by atoms with E-state index in [0.29, 0.717) is 46.6 Å². The van der Waals surface area contributed by atoms with Gasteiger partial charge in [0.1, 0.15) is 36.3 Å². The molecule has 0 saturated carbocycles. The number of nitrogens with zero attached hydrogens (tertiary/aromatic N) is 1. The molecule has 3 aromatic rings. The molecule has 2 aliphatic heterocycles. The average Bonchev–Trinajstić information content (AvgIpc) is 3.09. The highest BCUT2D eigenvalue weighted by atomic mass is 19.1. The highest BCUT2D eigenvalue weighted by Gasteiger charge is 2.42. The number of nitrogens with one attached hydrogen (secondary N) is 1. The summed E-state index contributed by atoms with van der Waals surface area (Å²) in [5.41, 5.74) is 0.120. The lowest BCUT2D eigenvalue weighted by Crippen LogP contribution is -2.33. The molecule has 0 bridgehead atoms. The van der Waals surface area contributed by atoms with Crippen molar-refractivity contribution in [3.8, 4) is 17.2 Å². The van der Waals surface area contributed by atoms with Gasteiger partial charge in [-0.1, -0.05) is 18.2 Å². The molecular formula is C25H18F2N2O5. The zero-order chi connectivity index (χ0) is 23.8. The number of carbonyl (C=O) groups is 2. The molecule has 0 spiro atoms. The highest BCUT2D eigenvalue weighted by Crippen LogP contribution is 2.39. The van der Waals surface area contributed by atoms with E-state index in [1.165, 1.54) is 7.11 Å². The van der Waals surface area contributed by atoms with Gasteiger partial charge in [0.25, 0.3) is 11.8 Å². The number of benzene rings is 3. The molecule has 2 aliphatic rings. The van der Waals surface area contributed by atoms with Gasteiger partial charge in [-0.15, -0.1) is 0 Å². The van der Waals surface area contributed by atoms with Crippen LogP contribution >= 0.6 is 0 Å². The zero-order valence-corrected chi connectivity index (χ0v) is 17.9. The Labute approximate surface area is 193 Å². The summed E-state index contributed by atoms with van der Waals surface area (Å²) in [7, 11) is 1.43. The van der Waals surface area contributed by atoms with Gasteiger partial charge in [-0.2, -0.15) is 0 Å². The van der Waals surface area contributed by atoms with E-state index in [4.69, 9.17) is 14.2 Å². The Morgan fingerprint density at radius 3 is 2.47 bits per heavy atom. The summed E-state index contributed by atoms with van der Waals surface area (Å²) in [6, 6.07) is 14.2. The van der Waals surface area contributed by atoms with Crippen LogP contribution in [0.2, 0.25) is 0 Å². The SMILES string of the molecule is COc1ccccc1C1=C(Nc2ccc3c(c2)OCCO3)C(=O)N(c2cc(F)ccc2F)C1=O. The van der Waals surface area contributed by atoms with Crippen molar-refractivity contribution >= 4 is 28.8 Å². The molecule has 5 rings (SSSR count). The van der Waals surface area contributed by atoms with E-state index in [0.717, 1.165) is 18.2 Å². The summed E-state index contributed by atoms with van der Waals surface area (Å²) in [5.74, 6) is -2.01. The van der Waals surface area contributed by atoms with Gasteiger partial charge < -0.3 is 19.5 Å². The Morgan fingerprint density at radius 2 is 1.68 bits per heavy atom. The normalized spacial score (nSPS) is 15.1. The van der Waals surface area contributed by atoms with E-state index in [9.17, 15) is 18.4 Å². The number of carbonyl (C=O) groups excluding carboxylic acids is 2. The fourth-order valence-corrected chi connectivity index (χ4v) is 3.89. The third-order valence-corrected chi connectivity index (χ3v) is 5.42. The molecule has 0 unspecified atom stereocenters. The Hall–Kier alpha value is -4.40. The quantitative estimate of drug-likeness (QED) is 0.572. The summed E-state index contributed by atoms with van der Waals surface area (Å²) in [6.45, 7) is 0.791. The number of hydrogen-bond donors (Lipinski definition) is 1. The molecule has 0 aliphatic carbocycles. The van der Waals surface area contributed by atoms with Crippen LogP contribution in [0.5, 0.6) is 17.2 Å². The van der Waals surface area contributed by atoms with Crippen LogP contribution in [0.25, 0.3) is 5.57 Å². The van der Waals surface area contributed by atoms with E-state index in [1.807, 2.05) is 0 Å². The summed E-state index contributed by atoms with van der Waals surface area (Å²) in [4.78, 5) is 27.6. The van der Waals surface area contributed by atoms with Gasteiger partial charge in [0, 0.05) is 23.4 Å². The van der Waals surface area contributed by atoms with Crippen molar-refractivity contribution < 1.29 is 32.6 Å². The molecule has 172 valence electrons. The van der Waals surface area contributed by atoms with Crippen LogP contribution in [0.15, 0.2) is 66.4 Å². The number of anilines is 2. The molecule has 0 fully saturated rings. The van der Waals surface area contributed by atoms with Crippen LogP contribution in [0.3, 0.4) is 0 Å². The molecular weight excluding hydrogens is 446 g/mol. The van der Waals surface area contributed by atoms with E-state index >= 15 is 0 Å². The number of amides is 2. The van der Waals surface area contributed by atoms with Crippen LogP contribution in [-0.4, -0.2) is 32.1 Å². The molecule has 2 heterocycles. The minimum absolute atomic E-state index is 0.0407. The zero-order valence-electron chi connectivity index (χ0n) is 17.9. The lowest BCUT2D eigenvalue weighted by molar-refractivity contribution is -0.120. The van der Waals surface area contributed by atoms with E-state index in [1.54, 1.807) is 42.5 Å². The smallest absolute Gasteiger partial charge is 0.282 e. The van der Waals surface area contributed by atoms with Gasteiger partial charge in [-0.25, -0.2) is 13.7 Å². The first-order chi connectivity index (χ1) is 16.5. The van der Waals surface area contributed by atoms with Crippen LogP contribution in [-0.2, 0) is 9.59 Å². The second-order valence-corrected chi connectivity index (χ2v) is 7.48. The van der Waals surface area contributed by atoms with Crippen molar-refractivity contribution in [1.82, 2.24) is 0 Å². The Kier molecular flexibility index (Phi) is 5.37. The predicted octanol–water partition coefficient (Wildman–Crippen LogP) is 4.14. The molecule has 2 amide bonds. The molecule has 0 atom stereocenters. The molecule has 9 heteroatoms. The number of fused-ring (bicyclic) bond motifs is 1. The summed E-state index contributed by atoms with van der Waals surface area (Å²) < 4.78 is 45.0. The standard InChI is InChI=1S/C25H18F2N2O5/c1-32-19-5-3-2-4-16(19)22-23(28-15-7-9-20-21(13-15)34-11-10-33-20)25(31)29(24(22)30)18-12-14(26)6-8-17(18)27/h2-9,12-13,28H,10-11H2,1H3. The topological polar surface area (TPSA) is 77.1 Å². The maximum Gasteiger partial charge on any atom is 0.282 e. The van der Waals surface area contributed by atoms with Crippen molar-refractivity contribution in [3.63, 3.8) is 0 Å². The van der Waals surface area contributed by atoms with Crippen LogP contribution in [0.1, 0.15) is 5.56 Å². The number of ether oxygens (including phenoxy) is 3. The first-order valence-corrected chi connectivity index (χ1v) is 10.4. The third-order valence-electron chi connectivity index (χ3n) is 5.42. The monoisotopic (exact) mass is 464 g/mol. The first kappa shape index (κ1) is 21.4. The minimum Gasteiger partial charge on any atom is -0.496 e. The van der Waals surface area contributed by atoms with E-state index in [2.05, 4.69) is 5.32 Å². The molecule has 1 N–H and O–H groups in total. The number of halogens is 2. The van der Waals surface area contributed by atoms with Crippen molar-refractivity contribution in [2.24, 2.45) is 0 Å². The van der Waals surface area contributed by atoms with Gasteiger partial charge in [0.2, 0.25) is 0 Å². The Morgan fingerprint density at radius 1 is 0.912 bits per heavy atom. The summed E-state index contributed by atoms with van der Waals surface area (Å²) >= 11 is 0. The van der Waals surface area contributed by atoms with Crippen molar-refractivity contribution in [2.45, 2.75) is 0 Å². The van der Waals surface area contributed by atoms with E-state index in [-0.39, 0.29) is 11.3 Å². The van der Waals surface area contributed by atoms with Crippen LogP contribution in [0, 0.1) is 11.6 Å². The number of hydrogen-bond acceptors (Lipinski definition) is 6. The van der Waals surface area contributed by atoms with Gasteiger partial charge in [0.05, 0.1) is 18.4 Å². The number of methoxy groups -OCH3 is 1. The van der Waals surface area contributed by atoms with Crippen molar-refractivity contribution in [1.29, 1.82) is 0 Å². The first-order valence-electron chi connectivity index (χ1n) is 10.4. The van der Waals surface area contributed by atoms with Gasteiger partial charge in [-0.3, -0.25) is 9.59 Å². The molecule has 7 nitrogen and oxygen atoms in total. The van der Waals surface area contributed by atoms with Crippen molar-refractivity contribution in [2.75, 3.05) is 30.5 Å². The van der Waals surface area contributed by atoms with Gasteiger partial charge >= 0.3 is 0 Å². The minimum atomic E-state index is -0.914. The molecule has 0 aromatic heterocycles. The van der Waals surface area contributed by atoms with Gasteiger partial charge in [-0.05, 0) is 30.3 Å². The maximum atomic E-state index is 14.6. The second-order valence-electron chi connectivity index (χ2n) is 7.48. The molecule has 0 saturated heterocycles. The molecule has 3 aromatic carbocycles. The lowest BCUT2D eigenvalue weighted by Gasteiger charge is -2.19. The number of rotatable bonds is 5. The largest absolute Gasteiger partial charge is 0.496 e. The average molecular weight is 464 g/mol. The fourth-order valence-electron chi connectivity index (χ4n) is 3.89. The summed E-state index contributed by atoms with van der Waals surface area (Å²) in [5, 5.41) is 2.97. The predicted molar refractivity (Wildman–Crippen MR) is 120 cm³/mol. The Balaban J connectivity index is 1.64. The fraction of sp³-hybridized carbons (Fsp3) is 0.120. The molecule has 0 radical (unpaired) electrons. The highest BCUT2D eigenvalue weighted by molar-refractivity contribution is 6.46. The van der Waals surface area contributed by atoms with Crippen LogP contribution < -0.4 is 24.4 Å². The third kappa shape index (κ3) is 3.61. The molecule has 34 heavy (non-hydrogen) atoms. The number of imide groups is 1. The van der Waals surface area contributed by atoms with Gasteiger partial charge in [0.15, 0.2) is 11.5 Å². The Bertz CT molecular complexity index is 1350. The van der Waals surface area contributed by atoms with E-state index < -0.39 is 29.1 Å².